The van der Waals surface area contributed by atoms with Gasteiger partial charge in [0.25, 0.3) is 0 Å². The van der Waals surface area contributed by atoms with Crippen LogP contribution < -0.4 is 11.1 Å². The quantitative estimate of drug-likeness (QED) is 0.752. The third kappa shape index (κ3) is 3.89. The molecule has 0 bridgehead atoms. The number of anilines is 1. The molecule has 0 saturated heterocycles. The lowest BCUT2D eigenvalue weighted by Crippen LogP contribution is -2.36. The highest BCUT2D eigenvalue weighted by atomic mass is 35.5. The van der Waals surface area contributed by atoms with E-state index in [1.54, 1.807) is 13.8 Å². The van der Waals surface area contributed by atoms with Gasteiger partial charge in [-0.05, 0) is 26.0 Å². The number of rotatable bonds is 5. The summed E-state index contributed by atoms with van der Waals surface area (Å²) in [6.45, 7) is 3.52. The van der Waals surface area contributed by atoms with Crippen LogP contribution in [0.1, 0.15) is 30.8 Å². The number of hydrogen-bond acceptors (Lipinski definition) is 4. The van der Waals surface area contributed by atoms with Gasteiger partial charge in [-0.1, -0.05) is 11.6 Å². The molecule has 0 atom stereocenters. The predicted molar refractivity (Wildman–Crippen MR) is 67.7 cm³/mol. The van der Waals surface area contributed by atoms with Crippen LogP contribution in [0.25, 0.3) is 0 Å². The highest BCUT2D eigenvalue weighted by Gasteiger charge is 2.21. The number of nitrogens with two attached hydrogens (primary N) is 1. The number of aromatic nitrogens is 1. The first-order chi connectivity index (χ1) is 8.21. The van der Waals surface area contributed by atoms with E-state index in [0.29, 0.717) is 5.82 Å². The zero-order chi connectivity index (χ0) is 13.9. The highest BCUT2D eigenvalue weighted by Crippen LogP contribution is 2.20. The Labute approximate surface area is 109 Å². The number of nitrogens with zero attached hydrogens (tertiary/aromatic N) is 1. The summed E-state index contributed by atoms with van der Waals surface area (Å²) >= 11 is 5.70. The second-order valence-electron chi connectivity index (χ2n) is 4.48. The largest absolute Gasteiger partial charge is 0.476 e. The molecule has 0 radical (unpaired) electrons. The van der Waals surface area contributed by atoms with Crippen molar-refractivity contribution in [2.45, 2.75) is 25.8 Å². The molecule has 0 spiro atoms. The second-order valence-corrected chi connectivity index (χ2v) is 4.89. The molecule has 1 heterocycles. The van der Waals surface area contributed by atoms with E-state index in [9.17, 15) is 9.59 Å². The van der Waals surface area contributed by atoms with Gasteiger partial charge in [0.1, 0.15) is 5.82 Å². The van der Waals surface area contributed by atoms with Crippen molar-refractivity contribution in [3.63, 3.8) is 0 Å². The Morgan fingerprint density at radius 1 is 1.50 bits per heavy atom. The van der Waals surface area contributed by atoms with E-state index in [1.165, 1.54) is 12.1 Å². The fourth-order valence-corrected chi connectivity index (χ4v) is 1.67. The lowest BCUT2D eigenvalue weighted by Gasteiger charge is -2.25. The zero-order valence-electron chi connectivity index (χ0n) is 10.0. The van der Waals surface area contributed by atoms with Gasteiger partial charge in [0.15, 0.2) is 5.69 Å². The molecule has 7 heteroatoms. The number of primary amides is 1. The van der Waals surface area contributed by atoms with Crippen LogP contribution in [-0.4, -0.2) is 27.5 Å². The third-order valence-electron chi connectivity index (χ3n) is 2.13. The number of nitrogens with one attached hydrogen (secondary N) is 1. The standard InChI is InChI=1S/C11H14ClN3O3/c1-11(2,5-7(13)16)15-8-4-3-6(12)9(14-8)10(17)18/h3-4H,5H2,1-2H3,(H2,13,16)(H,14,15)(H,17,18). The van der Waals surface area contributed by atoms with Crippen molar-refractivity contribution in [3.05, 3.63) is 22.8 Å². The number of aromatic carboxylic acids is 1. The van der Waals surface area contributed by atoms with Gasteiger partial charge in [0.05, 0.1) is 5.02 Å². The number of halogens is 1. The summed E-state index contributed by atoms with van der Waals surface area (Å²) < 4.78 is 0. The number of amides is 1. The van der Waals surface area contributed by atoms with E-state index < -0.39 is 17.4 Å². The summed E-state index contributed by atoms with van der Waals surface area (Å²) in [7, 11) is 0. The fraction of sp³-hybridized carbons (Fsp3) is 0.364. The first-order valence-electron chi connectivity index (χ1n) is 5.17. The average molecular weight is 272 g/mol. The average Bonchev–Trinajstić information content (AvgIpc) is 2.18. The van der Waals surface area contributed by atoms with Crippen molar-refractivity contribution in [1.29, 1.82) is 0 Å². The molecule has 18 heavy (non-hydrogen) atoms. The lowest BCUT2D eigenvalue weighted by molar-refractivity contribution is -0.118. The predicted octanol–water partition coefficient (Wildman–Crippen LogP) is 1.50. The van der Waals surface area contributed by atoms with E-state index in [0.717, 1.165) is 0 Å². The van der Waals surface area contributed by atoms with Crippen molar-refractivity contribution in [3.8, 4) is 0 Å². The molecule has 0 aliphatic carbocycles. The molecule has 1 amide bonds. The van der Waals surface area contributed by atoms with Gasteiger partial charge in [-0.3, -0.25) is 4.79 Å². The Morgan fingerprint density at radius 3 is 2.61 bits per heavy atom. The number of carbonyl (C=O) groups excluding carboxylic acids is 1. The van der Waals surface area contributed by atoms with E-state index in [2.05, 4.69) is 10.3 Å². The van der Waals surface area contributed by atoms with E-state index >= 15 is 0 Å². The van der Waals surface area contributed by atoms with Gasteiger partial charge in [-0.2, -0.15) is 0 Å². The van der Waals surface area contributed by atoms with Crippen LogP contribution in [0, 0.1) is 0 Å². The first-order valence-corrected chi connectivity index (χ1v) is 5.55. The maximum Gasteiger partial charge on any atom is 0.356 e. The van der Waals surface area contributed by atoms with Crippen molar-refractivity contribution >= 4 is 29.3 Å². The van der Waals surface area contributed by atoms with Crippen LogP contribution in [0.15, 0.2) is 12.1 Å². The minimum absolute atomic E-state index is 0.0563. The van der Waals surface area contributed by atoms with Crippen molar-refractivity contribution in [2.24, 2.45) is 5.73 Å². The van der Waals surface area contributed by atoms with Gasteiger partial charge in [0.2, 0.25) is 5.91 Å². The lowest BCUT2D eigenvalue weighted by atomic mass is 10.0. The smallest absolute Gasteiger partial charge is 0.356 e. The number of carboxylic acid groups (broad SMARTS) is 1. The van der Waals surface area contributed by atoms with E-state index in [1.807, 2.05) is 0 Å². The number of carboxylic acids is 1. The summed E-state index contributed by atoms with van der Waals surface area (Å²) in [4.78, 5) is 25.6. The molecular weight excluding hydrogens is 258 g/mol. The zero-order valence-corrected chi connectivity index (χ0v) is 10.8. The second kappa shape index (κ2) is 5.22. The van der Waals surface area contributed by atoms with Crippen LogP contribution in [0.5, 0.6) is 0 Å². The Morgan fingerprint density at radius 2 is 2.11 bits per heavy atom. The van der Waals surface area contributed by atoms with Gasteiger partial charge in [-0.15, -0.1) is 0 Å². The Hall–Kier alpha value is -1.82. The molecule has 4 N–H and O–H groups in total. The summed E-state index contributed by atoms with van der Waals surface area (Å²) in [5.41, 5.74) is 4.26. The van der Waals surface area contributed by atoms with Crippen molar-refractivity contribution < 1.29 is 14.7 Å². The topological polar surface area (TPSA) is 105 Å². The third-order valence-corrected chi connectivity index (χ3v) is 2.44. The normalized spacial score (nSPS) is 11.1. The van der Waals surface area contributed by atoms with E-state index in [4.69, 9.17) is 22.4 Å². The molecule has 0 saturated carbocycles. The summed E-state index contributed by atoms with van der Waals surface area (Å²) in [5, 5.41) is 11.9. The maximum absolute atomic E-state index is 10.9. The highest BCUT2D eigenvalue weighted by molar-refractivity contribution is 6.33. The molecule has 0 fully saturated rings. The summed E-state index contributed by atoms with van der Waals surface area (Å²) in [6.07, 6.45) is 0.0969. The van der Waals surface area contributed by atoms with E-state index in [-0.39, 0.29) is 17.1 Å². The molecule has 0 aromatic carbocycles. The summed E-state index contributed by atoms with van der Waals surface area (Å²) in [5.74, 6) is -1.35. The Kier molecular flexibility index (Phi) is 4.13. The number of hydrogen-bond donors (Lipinski definition) is 3. The molecule has 0 unspecified atom stereocenters. The van der Waals surface area contributed by atoms with Crippen molar-refractivity contribution in [2.75, 3.05) is 5.32 Å². The molecule has 1 rings (SSSR count). The molecule has 1 aromatic heterocycles. The van der Waals surface area contributed by atoms with Crippen molar-refractivity contribution in [1.82, 2.24) is 4.98 Å². The molecule has 98 valence electrons. The minimum Gasteiger partial charge on any atom is -0.476 e. The molecule has 6 nitrogen and oxygen atoms in total. The van der Waals surface area contributed by atoms with Crippen LogP contribution in [0.2, 0.25) is 5.02 Å². The van der Waals surface area contributed by atoms with Crippen LogP contribution in [-0.2, 0) is 4.79 Å². The fourth-order valence-electron chi connectivity index (χ4n) is 1.49. The van der Waals surface area contributed by atoms with Gasteiger partial charge in [-0.25, -0.2) is 9.78 Å². The van der Waals surface area contributed by atoms with Crippen LogP contribution >= 0.6 is 11.6 Å². The van der Waals surface area contributed by atoms with Crippen LogP contribution in [0.4, 0.5) is 5.82 Å². The molecule has 0 aliphatic heterocycles. The SMILES string of the molecule is CC(C)(CC(N)=O)Nc1ccc(Cl)c(C(=O)O)n1. The Bertz CT molecular complexity index is 488. The van der Waals surface area contributed by atoms with Gasteiger partial charge in [0, 0.05) is 12.0 Å². The molecular formula is C11H14ClN3O3. The number of carbonyl (C=O) groups is 2. The Balaban J connectivity index is 2.95. The molecule has 1 aromatic rings. The number of pyridine rings is 1. The summed E-state index contributed by atoms with van der Waals surface area (Å²) in [6, 6.07) is 2.97. The van der Waals surface area contributed by atoms with Crippen LogP contribution in [0.3, 0.4) is 0 Å². The van der Waals surface area contributed by atoms with Gasteiger partial charge >= 0.3 is 5.97 Å². The first kappa shape index (κ1) is 14.2. The monoisotopic (exact) mass is 271 g/mol. The van der Waals surface area contributed by atoms with Gasteiger partial charge < -0.3 is 16.2 Å². The molecule has 0 aliphatic rings. The maximum atomic E-state index is 10.9. The minimum atomic E-state index is -1.21.